The Bertz CT molecular complexity index is 821. The van der Waals surface area contributed by atoms with Crippen molar-refractivity contribution in [1.82, 2.24) is 4.72 Å². The Morgan fingerprint density at radius 2 is 1.72 bits per heavy atom. The van der Waals surface area contributed by atoms with Crippen LogP contribution >= 0.6 is 15.9 Å². The zero-order chi connectivity index (χ0) is 18.4. The molecule has 25 heavy (non-hydrogen) atoms. The summed E-state index contributed by atoms with van der Waals surface area (Å²) in [5, 5.41) is 2.66. The molecule has 0 unspecified atom stereocenters. The predicted molar refractivity (Wildman–Crippen MR) is 100 cm³/mol. The number of hydrogen-bond acceptors (Lipinski definition) is 4. The van der Waals surface area contributed by atoms with E-state index in [2.05, 4.69) is 26.0 Å². The Labute approximate surface area is 155 Å². The van der Waals surface area contributed by atoms with Crippen molar-refractivity contribution in [2.45, 2.75) is 24.8 Å². The second kappa shape index (κ2) is 8.46. The van der Waals surface area contributed by atoms with Crippen LogP contribution in [-0.2, 0) is 14.8 Å². The molecule has 1 amide bonds. The Hall–Kier alpha value is -1.90. The van der Waals surface area contributed by atoms with Crippen LogP contribution in [0.4, 0.5) is 5.69 Å². The normalized spacial score (nSPS) is 12.4. The molecular formula is C17H19BrN2O4S. The Balaban J connectivity index is 2.03. The van der Waals surface area contributed by atoms with Crippen LogP contribution in [0.15, 0.2) is 57.9 Å². The van der Waals surface area contributed by atoms with Crippen LogP contribution in [0.25, 0.3) is 0 Å². The number of amides is 1. The second-order valence-corrected chi connectivity index (χ2v) is 7.87. The molecule has 6 nitrogen and oxygen atoms in total. The van der Waals surface area contributed by atoms with Crippen LogP contribution < -0.4 is 14.8 Å². The highest BCUT2D eigenvalue weighted by atomic mass is 79.9. The van der Waals surface area contributed by atoms with Crippen molar-refractivity contribution in [1.29, 1.82) is 0 Å². The lowest BCUT2D eigenvalue weighted by molar-refractivity contribution is -0.117. The zero-order valence-electron chi connectivity index (χ0n) is 13.8. The first-order valence-electron chi connectivity index (χ1n) is 7.63. The van der Waals surface area contributed by atoms with Gasteiger partial charge in [-0.2, -0.15) is 4.72 Å². The number of hydrogen-bond donors (Lipinski definition) is 2. The molecular weight excluding hydrogens is 408 g/mol. The van der Waals surface area contributed by atoms with Gasteiger partial charge in [-0.25, -0.2) is 8.42 Å². The van der Waals surface area contributed by atoms with E-state index in [1.54, 1.807) is 36.4 Å². The molecule has 0 aliphatic carbocycles. The minimum atomic E-state index is -3.81. The summed E-state index contributed by atoms with van der Waals surface area (Å²) in [6, 6.07) is 12.1. The number of carbonyl (C=O) groups excluding carboxylic acids is 1. The molecule has 0 aromatic heterocycles. The van der Waals surface area contributed by atoms with E-state index in [1.165, 1.54) is 19.1 Å². The van der Waals surface area contributed by atoms with Crippen LogP contribution in [0.5, 0.6) is 5.75 Å². The largest absolute Gasteiger partial charge is 0.494 e. The van der Waals surface area contributed by atoms with Crippen LogP contribution in [0.3, 0.4) is 0 Å². The molecule has 0 bridgehead atoms. The molecule has 2 aromatic rings. The summed E-state index contributed by atoms with van der Waals surface area (Å²) in [5.74, 6) is 0.138. The smallest absolute Gasteiger partial charge is 0.242 e. The van der Waals surface area contributed by atoms with Gasteiger partial charge in [-0.05, 0) is 62.4 Å². The number of sulfonamides is 1. The van der Waals surface area contributed by atoms with Gasteiger partial charge >= 0.3 is 0 Å². The molecule has 0 spiro atoms. The first-order valence-corrected chi connectivity index (χ1v) is 9.91. The number of nitrogens with one attached hydrogen (secondary N) is 2. The predicted octanol–water partition coefficient (Wildman–Crippen LogP) is 3.15. The Morgan fingerprint density at radius 1 is 1.12 bits per heavy atom. The number of benzene rings is 2. The molecule has 0 fully saturated rings. The quantitative estimate of drug-likeness (QED) is 0.711. The highest BCUT2D eigenvalue weighted by Gasteiger charge is 2.22. The van der Waals surface area contributed by atoms with Gasteiger partial charge in [-0.3, -0.25) is 4.79 Å². The summed E-state index contributed by atoms with van der Waals surface area (Å²) in [6.07, 6.45) is 0. The summed E-state index contributed by atoms with van der Waals surface area (Å²) in [5.41, 5.74) is 0.584. The van der Waals surface area contributed by atoms with Crippen molar-refractivity contribution in [3.05, 3.63) is 53.0 Å². The fraction of sp³-hybridized carbons (Fsp3) is 0.235. The average molecular weight is 427 g/mol. The molecule has 0 saturated carbocycles. The van der Waals surface area contributed by atoms with E-state index < -0.39 is 22.0 Å². The van der Waals surface area contributed by atoms with Gasteiger partial charge in [0, 0.05) is 10.2 Å². The number of ether oxygens (including phenoxy) is 1. The van der Waals surface area contributed by atoms with Crippen LogP contribution in [0, 0.1) is 0 Å². The lowest BCUT2D eigenvalue weighted by atomic mass is 10.3. The van der Waals surface area contributed by atoms with Gasteiger partial charge in [0.05, 0.1) is 17.5 Å². The van der Waals surface area contributed by atoms with Crippen LogP contribution in [0.2, 0.25) is 0 Å². The van der Waals surface area contributed by atoms with Gasteiger partial charge in [0.15, 0.2) is 0 Å². The molecule has 2 rings (SSSR count). The van der Waals surface area contributed by atoms with Gasteiger partial charge in [0.2, 0.25) is 15.9 Å². The van der Waals surface area contributed by atoms with E-state index in [0.717, 1.165) is 4.47 Å². The molecule has 8 heteroatoms. The van der Waals surface area contributed by atoms with Crippen molar-refractivity contribution < 1.29 is 17.9 Å². The van der Waals surface area contributed by atoms with E-state index in [4.69, 9.17) is 4.74 Å². The lowest BCUT2D eigenvalue weighted by Crippen LogP contribution is -2.41. The first-order chi connectivity index (χ1) is 11.8. The molecule has 0 aliphatic rings. The summed E-state index contributed by atoms with van der Waals surface area (Å²) in [4.78, 5) is 12.2. The highest BCUT2D eigenvalue weighted by Crippen LogP contribution is 2.17. The molecule has 134 valence electrons. The third-order valence-electron chi connectivity index (χ3n) is 3.28. The van der Waals surface area contributed by atoms with E-state index in [9.17, 15) is 13.2 Å². The van der Waals surface area contributed by atoms with Gasteiger partial charge in [-0.1, -0.05) is 15.9 Å². The van der Waals surface area contributed by atoms with E-state index in [1.807, 2.05) is 6.92 Å². The standard InChI is InChI=1S/C17H19BrN2O4S/c1-3-24-15-8-10-16(11-9-15)25(22,23)20-12(2)17(21)19-14-6-4-13(18)5-7-14/h4-12,20H,3H2,1-2H3,(H,19,21)/t12-/m1/s1. The zero-order valence-corrected chi connectivity index (χ0v) is 16.2. The molecule has 0 aliphatic heterocycles. The minimum Gasteiger partial charge on any atom is -0.494 e. The Morgan fingerprint density at radius 3 is 2.28 bits per heavy atom. The molecule has 2 N–H and O–H groups in total. The number of anilines is 1. The average Bonchev–Trinajstić information content (AvgIpc) is 2.57. The maximum atomic E-state index is 12.4. The highest BCUT2D eigenvalue weighted by molar-refractivity contribution is 9.10. The van der Waals surface area contributed by atoms with Crippen LogP contribution in [-0.4, -0.2) is 27.0 Å². The van der Waals surface area contributed by atoms with E-state index in [-0.39, 0.29) is 4.90 Å². The number of halogens is 1. The summed E-state index contributed by atoms with van der Waals surface area (Å²) in [7, 11) is -3.81. The summed E-state index contributed by atoms with van der Waals surface area (Å²) < 4.78 is 33.3. The van der Waals surface area contributed by atoms with Gasteiger partial charge in [0.25, 0.3) is 0 Å². The van der Waals surface area contributed by atoms with E-state index >= 15 is 0 Å². The third-order valence-corrected chi connectivity index (χ3v) is 5.37. The second-order valence-electron chi connectivity index (χ2n) is 5.24. The van der Waals surface area contributed by atoms with Crippen molar-refractivity contribution in [2.75, 3.05) is 11.9 Å². The van der Waals surface area contributed by atoms with Crippen LogP contribution in [0.1, 0.15) is 13.8 Å². The maximum absolute atomic E-state index is 12.4. The molecule has 0 radical (unpaired) electrons. The maximum Gasteiger partial charge on any atom is 0.242 e. The van der Waals surface area contributed by atoms with Crippen molar-refractivity contribution in [3.63, 3.8) is 0 Å². The fourth-order valence-corrected chi connectivity index (χ4v) is 3.49. The molecule has 0 saturated heterocycles. The van der Waals surface area contributed by atoms with Crippen molar-refractivity contribution in [2.24, 2.45) is 0 Å². The van der Waals surface area contributed by atoms with Gasteiger partial charge in [0.1, 0.15) is 5.75 Å². The third kappa shape index (κ3) is 5.55. The SMILES string of the molecule is CCOc1ccc(S(=O)(=O)N[C@H](C)C(=O)Nc2ccc(Br)cc2)cc1. The lowest BCUT2D eigenvalue weighted by Gasteiger charge is -2.15. The summed E-state index contributed by atoms with van der Waals surface area (Å²) >= 11 is 3.31. The summed E-state index contributed by atoms with van der Waals surface area (Å²) in [6.45, 7) is 3.83. The van der Waals surface area contributed by atoms with Crippen molar-refractivity contribution >= 4 is 37.5 Å². The topological polar surface area (TPSA) is 84.5 Å². The van der Waals surface area contributed by atoms with Crippen molar-refractivity contribution in [3.8, 4) is 5.75 Å². The monoisotopic (exact) mass is 426 g/mol. The first kappa shape index (κ1) is 19.4. The molecule has 0 heterocycles. The van der Waals surface area contributed by atoms with Gasteiger partial charge < -0.3 is 10.1 Å². The molecule has 1 atom stereocenters. The van der Waals surface area contributed by atoms with E-state index in [0.29, 0.717) is 18.0 Å². The van der Waals surface area contributed by atoms with Gasteiger partial charge in [-0.15, -0.1) is 0 Å². The Kier molecular flexibility index (Phi) is 6.57. The number of carbonyl (C=O) groups is 1. The minimum absolute atomic E-state index is 0.0687. The fourth-order valence-electron chi connectivity index (χ4n) is 2.02. The number of rotatable bonds is 7. The molecule has 2 aromatic carbocycles.